The molecule has 0 aromatic heterocycles. The second-order valence-electron chi connectivity index (χ2n) is 7.76. The predicted octanol–water partition coefficient (Wildman–Crippen LogP) is 4.87. The molecule has 4 rings (SSSR count). The molecule has 32 heavy (non-hydrogen) atoms. The Morgan fingerprint density at radius 2 is 1.09 bits per heavy atom. The van der Waals surface area contributed by atoms with Crippen molar-refractivity contribution in [3.05, 3.63) is 108 Å². The Morgan fingerprint density at radius 1 is 0.656 bits per heavy atom. The molecule has 5 nitrogen and oxygen atoms in total. The molecule has 0 saturated carbocycles. The molecule has 3 aromatic rings. The highest BCUT2D eigenvalue weighted by atomic mass is 16.7. The minimum atomic E-state index is -0.635. The Labute approximate surface area is 189 Å². The van der Waals surface area contributed by atoms with Gasteiger partial charge in [-0.15, -0.1) is 0 Å². The largest absolute Gasteiger partial charge is 0.369 e. The molecular formula is C27H27NO4. The summed E-state index contributed by atoms with van der Waals surface area (Å²) in [5, 5.41) is 9.75. The zero-order valence-electron chi connectivity index (χ0n) is 17.9. The lowest BCUT2D eigenvalue weighted by Gasteiger charge is -2.39. The van der Waals surface area contributed by atoms with Crippen LogP contribution in [0.15, 0.2) is 91.0 Å². The molecule has 1 fully saturated rings. The summed E-state index contributed by atoms with van der Waals surface area (Å²) < 4.78 is 24.6. The summed E-state index contributed by atoms with van der Waals surface area (Å²) in [6.45, 7) is 1.39. The fourth-order valence-corrected chi connectivity index (χ4v) is 3.70. The van der Waals surface area contributed by atoms with Gasteiger partial charge in [0.2, 0.25) is 0 Å². The van der Waals surface area contributed by atoms with Crippen molar-refractivity contribution in [3.63, 3.8) is 0 Å². The third-order valence-electron chi connectivity index (χ3n) is 5.42. The van der Waals surface area contributed by atoms with Crippen molar-refractivity contribution in [2.75, 3.05) is 6.61 Å². The van der Waals surface area contributed by atoms with E-state index in [-0.39, 0.29) is 6.61 Å². The summed E-state index contributed by atoms with van der Waals surface area (Å²) in [7, 11) is 0. The maximum atomic E-state index is 9.75. The van der Waals surface area contributed by atoms with Crippen LogP contribution in [0.3, 0.4) is 0 Å². The minimum absolute atomic E-state index is 0.237. The van der Waals surface area contributed by atoms with Gasteiger partial charge in [0.15, 0.2) is 6.29 Å². The second-order valence-corrected chi connectivity index (χ2v) is 7.76. The van der Waals surface area contributed by atoms with Crippen molar-refractivity contribution < 1.29 is 18.9 Å². The Hall–Kier alpha value is -3.01. The topological polar surface area (TPSA) is 60.7 Å². The van der Waals surface area contributed by atoms with E-state index in [9.17, 15) is 5.26 Å². The lowest BCUT2D eigenvalue weighted by molar-refractivity contribution is -0.280. The van der Waals surface area contributed by atoms with Gasteiger partial charge in [-0.3, -0.25) is 0 Å². The number of nitriles is 1. The van der Waals surface area contributed by atoms with Crippen LogP contribution in [-0.2, 0) is 38.8 Å². The number of ether oxygens (including phenoxy) is 4. The first-order valence-corrected chi connectivity index (χ1v) is 10.8. The molecule has 4 atom stereocenters. The van der Waals surface area contributed by atoms with E-state index < -0.39 is 24.4 Å². The zero-order valence-corrected chi connectivity index (χ0v) is 17.9. The Bertz CT molecular complexity index is 975. The Morgan fingerprint density at radius 3 is 1.56 bits per heavy atom. The normalized spacial score (nSPS) is 22.8. The van der Waals surface area contributed by atoms with E-state index in [1.165, 1.54) is 0 Å². The number of nitrogens with zero attached hydrogens (tertiary/aromatic N) is 1. The highest BCUT2D eigenvalue weighted by Gasteiger charge is 2.43. The molecule has 0 bridgehead atoms. The summed E-state index contributed by atoms with van der Waals surface area (Å²) in [4.78, 5) is 0. The van der Waals surface area contributed by atoms with Gasteiger partial charge >= 0.3 is 0 Å². The monoisotopic (exact) mass is 429 g/mol. The molecule has 0 spiro atoms. The van der Waals surface area contributed by atoms with E-state index in [1.807, 2.05) is 91.0 Å². The summed E-state index contributed by atoms with van der Waals surface area (Å²) in [5.74, 6) is -0.448. The van der Waals surface area contributed by atoms with Gasteiger partial charge in [0.1, 0.15) is 12.2 Å². The summed E-state index contributed by atoms with van der Waals surface area (Å²) in [6.07, 6.45) is -1.65. The molecule has 1 saturated heterocycles. The van der Waals surface area contributed by atoms with E-state index in [2.05, 4.69) is 6.07 Å². The first-order chi connectivity index (χ1) is 15.8. The van der Waals surface area contributed by atoms with Gasteiger partial charge in [-0.1, -0.05) is 91.0 Å². The molecule has 164 valence electrons. The van der Waals surface area contributed by atoms with E-state index in [4.69, 9.17) is 18.9 Å². The second kappa shape index (κ2) is 11.6. The Balaban J connectivity index is 1.50. The van der Waals surface area contributed by atoms with Crippen molar-refractivity contribution in [3.8, 4) is 6.07 Å². The Kier molecular flexibility index (Phi) is 8.02. The minimum Gasteiger partial charge on any atom is -0.369 e. The van der Waals surface area contributed by atoms with E-state index in [1.54, 1.807) is 0 Å². The fraction of sp³-hybridized carbons (Fsp3) is 0.296. The van der Waals surface area contributed by atoms with Crippen LogP contribution in [0.25, 0.3) is 0 Å². The van der Waals surface area contributed by atoms with E-state index in [0.717, 1.165) is 16.7 Å². The summed E-state index contributed by atoms with van der Waals surface area (Å²) in [6, 6.07) is 32.1. The van der Waals surface area contributed by atoms with Gasteiger partial charge in [0.05, 0.1) is 38.4 Å². The van der Waals surface area contributed by atoms with Gasteiger partial charge in [-0.2, -0.15) is 5.26 Å². The van der Waals surface area contributed by atoms with Gasteiger partial charge < -0.3 is 18.9 Å². The van der Waals surface area contributed by atoms with Crippen molar-refractivity contribution in [1.29, 1.82) is 5.26 Å². The third-order valence-corrected chi connectivity index (χ3v) is 5.42. The van der Waals surface area contributed by atoms with Crippen LogP contribution in [0.4, 0.5) is 0 Å². The summed E-state index contributed by atoms with van der Waals surface area (Å²) in [5.41, 5.74) is 3.12. The highest BCUT2D eigenvalue weighted by molar-refractivity contribution is 5.15. The molecule has 5 heteroatoms. The van der Waals surface area contributed by atoms with Crippen LogP contribution in [-0.4, -0.2) is 25.1 Å². The van der Waals surface area contributed by atoms with Crippen LogP contribution in [0.1, 0.15) is 16.7 Å². The first kappa shape index (κ1) is 22.2. The average molecular weight is 430 g/mol. The quantitative estimate of drug-likeness (QED) is 0.486. The molecule has 1 heterocycles. The van der Waals surface area contributed by atoms with Crippen molar-refractivity contribution in [2.45, 2.75) is 38.3 Å². The number of rotatable bonds is 9. The molecule has 0 amide bonds. The smallest absolute Gasteiger partial charge is 0.186 e. The molecule has 3 aromatic carbocycles. The molecule has 4 unspecified atom stereocenters. The molecular weight excluding hydrogens is 402 g/mol. The zero-order chi connectivity index (χ0) is 22.0. The lowest BCUT2D eigenvalue weighted by atomic mass is 9.96. The maximum Gasteiger partial charge on any atom is 0.186 e. The van der Waals surface area contributed by atoms with Crippen LogP contribution in [0.2, 0.25) is 0 Å². The molecule has 1 aliphatic rings. The number of hydrogen-bond donors (Lipinski definition) is 0. The van der Waals surface area contributed by atoms with Crippen molar-refractivity contribution in [1.82, 2.24) is 0 Å². The third kappa shape index (κ3) is 6.03. The predicted molar refractivity (Wildman–Crippen MR) is 120 cm³/mol. The molecule has 1 aliphatic heterocycles. The number of hydrogen-bond acceptors (Lipinski definition) is 5. The van der Waals surface area contributed by atoms with Gasteiger partial charge in [-0.05, 0) is 16.7 Å². The molecule has 0 N–H and O–H groups in total. The van der Waals surface area contributed by atoms with E-state index in [0.29, 0.717) is 19.8 Å². The maximum absolute atomic E-state index is 9.75. The first-order valence-electron chi connectivity index (χ1n) is 10.8. The van der Waals surface area contributed by atoms with Crippen LogP contribution >= 0.6 is 0 Å². The van der Waals surface area contributed by atoms with Gasteiger partial charge in [-0.25, -0.2) is 0 Å². The van der Waals surface area contributed by atoms with E-state index >= 15 is 0 Å². The lowest BCUT2D eigenvalue weighted by Crippen LogP contribution is -2.53. The fourth-order valence-electron chi connectivity index (χ4n) is 3.70. The average Bonchev–Trinajstić information content (AvgIpc) is 2.87. The SMILES string of the molecule is N#CC1COC(OCc2ccccc2)C(OCc2ccccc2)C1OCc1ccccc1. The van der Waals surface area contributed by atoms with Gasteiger partial charge in [0.25, 0.3) is 0 Å². The standard InChI is InChI=1S/C27H27NO4/c28-16-24-20-32-27(31-19-23-14-8-3-9-15-23)26(30-18-22-12-6-2-7-13-22)25(24)29-17-21-10-4-1-5-11-21/h1-15,24-27H,17-20H2. The molecule has 0 radical (unpaired) electrons. The summed E-state index contributed by atoms with van der Waals surface area (Å²) >= 11 is 0. The van der Waals surface area contributed by atoms with Crippen LogP contribution in [0, 0.1) is 17.2 Å². The van der Waals surface area contributed by atoms with Gasteiger partial charge in [0, 0.05) is 0 Å². The number of benzene rings is 3. The van der Waals surface area contributed by atoms with Crippen molar-refractivity contribution in [2.24, 2.45) is 5.92 Å². The molecule has 0 aliphatic carbocycles. The van der Waals surface area contributed by atoms with Crippen LogP contribution < -0.4 is 0 Å². The van der Waals surface area contributed by atoms with Crippen LogP contribution in [0.5, 0.6) is 0 Å². The van der Waals surface area contributed by atoms with Crippen molar-refractivity contribution >= 4 is 0 Å². The highest BCUT2D eigenvalue weighted by Crippen LogP contribution is 2.28.